The molecule has 0 spiro atoms. The maximum absolute atomic E-state index is 12.3. The molecule has 0 bridgehead atoms. The van der Waals surface area contributed by atoms with Gasteiger partial charge in [-0.05, 0) is 34.6 Å². The minimum atomic E-state index is -1.84. The number of hydrogen-bond donors (Lipinski definition) is 0. The van der Waals surface area contributed by atoms with Gasteiger partial charge < -0.3 is 9.47 Å². The van der Waals surface area contributed by atoms with Gasteiger partial charge in [0.2, 0.25) is 0 Å². The predicted octanol–water partition coefficient (Wildman–Crippen LogP) is 3.14. The number of nitrogens with zero attached hydrogens (tertiary/aromatic N) is 1. The maximum Gasteiger partial charge on any atom is 0.413 e. The second-order valence-electron chi connectivity index (χ2n) is 5.63. The van der Waals surface area contributed by atoms with Crippen molar-refractivity contribution >= 4 is 6.09 Å². The Kier molecular flexibility index (Phi) is 4.00. The zero-order valence-electron chi connectivity index (χ0n) is 11.3. The summed E-state index contributed by atoms with van der Waals surface area (Å²) in [6.45, 7) is 8.46. The highest BCUT2D eigenvalue weighted by Crippen LogP contribution is 2.30. The normalized spacial score (nSPS) is 22.8. The summed E-state index contributed by atoms with van der Waals surface area (Å²) in [5.74, 6) is 0. The number of carbonyl (C=O) groups excluding carboxylic acids is 1. The molecule has 0 aliphatic carbocycles. The predicted molar refractivity (Wildman–Crippen MR) is 62.2 cm³/mol. The third kappa shape index (κ3) is 3.66. The SMILES string of the molecule is CC(C)(C)OC(=O)N1[C@H](C=C(F)F)COC1(C)C. The number of halogens is 2. The van der Waals surface area contributed by atoms with Crippen LogP contribution in [0, 0.1) is 0 Å². The van der Waals surface area contributed by atoms with Crippen LogP contribution in [0.2, 0.25) is 0 Å². The number of rotatable bonds is 1. The Bertz CT molecular complexity index is 357. The van der Waals surface area contributed by atoms with E-state index in [-0.39, 0.29) is 6.61 Å². The Morgan fingerprint density at radius 1 is 1.44 bits per heavy atom. The van der Waals surface area contributed by atoms with E-state index in [4.69, 9.17) is 9.47 Å². The summed E-state index contributed by atoms with van der Waals surface area (Å²) in [6.07, 6.45) is -1.79. The molecule has 4 nitrogen and oxygen atoms in total. The molecular formula is C12H19F2NO3. The van der Waals surface area contributed by atoms with Crippen LogP contribution in [0.5, 0.6) is 0 Å². The minimum Gasteiger partial charge on any atom is -0.444 e. The molecule has 1 saturated heterocycles. The van der Waals surface area contributed by atoms with E-state index in [9.17, 15) is 13.6 Å². The Morgan fingerprint density at radius 2 is 2.00 bits per heavy atom. The van der Waals surface area contributed by atoms with Crippen LogP contribution in [0.3, 0.4) is 0 Å². The third-order valence-electron chi connectivity index (χ3n) is 2.43. The summed E-state index contributed by atoms with van der Waals surface area (Å²) >= 11 is 0. The van der Waals surface area contributed by atoms with Crippen LogP contribution in [0.15, 0.2) is 12.2 Å². The van der Waals surface area contributed by atoms with Gasteiger partial charge in [0.15, 0.2) is 0 Å². The lowest BCUT2D eigenvalue weighted by atomic mass is 10.2. The van der Waals surface area contributed by atoms with Crippen LogP contribution < -0.4 is 0 Å². The highest BCUT2D eigenvalue weighted by Gasteiger charge is 2.45. The largest absolute Gasteiger partial charge is 0.444 e. The Morgan fingerprint density at radius 3 is 2.44 bits per heavy atom. The summed E-state index contributed by atoms with van der Waals surface area (Å²) < 4.78 is 35.2. The minimum absolute atomic E-state index is 0.0313. The molecule has 0 N–H and O–H groups in total. The zero-order chi connectivity index (χ0) is 14.1. The fourth-order valence-corrected chi connectivity index (χ4v) is 1.77. The van der Waals surface area contributed by atoms with Gasteiger partial charge in [-0.25, -0.2) is 4.79 Å². The summed E-state index contributed by atoms with van der Waals surface area (Å²) in [5.41, 5.74) is -1.64. The first kappa shape index (κ1) is 14.9. The lowest BCUT2D eigenvalue weighted by Gasteiger charge is -2.34. The second-order valence-corrected chi connectivity index (χ2v) is 5.63. The van der Waals surface area contributed by atoms with Crippen LogP contribution in [-0.4, -0.2) is 35.0 Å². The van der Waals surface area contributed by atoms with Gasteiger partial charge in [-0.15, -0.1) is 0 Å². The van der Waals surface area contributed by atoms with Crippen molar-refractivity contribution in [3.63, 3.8) is 0 Å². The van der Waals surface area contributed by atoms with E-state index in [0.29, 0.717) is 6.08 Å². The first-order chi connectivity index (χ1) is 8.03. The highest BCUT2D eigenvalue weighted by molar-refractivity contribution is 5.70. The van der Waals surface area contributed by atoms with Gasteiger partial charge in [0.1, 0.15) is 11.3 Å². The molecule has 1 aliphatic heterocycles. The van der Waals surface area contributed by atoms with E-state index >= 15 is 0 Å². The molecule has 0 unspecified atom stereocenters. The molecule has 0 radical (unpaired) electrons. The molecule has 1 heterocycles. The lowest BCUT2D eigenvalue weighted by Crippen LogP contribution is -2.49. The molecule has 6 heteroatoms. The van der Waals surface area contributed by atoms with Crippen molar-refractivity contribution in [3.05, 3.63) is 12.2 Å². The van der Waals surface area contributed by atoms with Crippen molar-refractivity contribution in [2.75, 3.05) is 6.61 Å². The number of amides is 1. The van der Waals surface area contributed by atoms with Crippen molar-refractivity contribution in [1.82, 2.24) is 4.90 Å². The molecule has 1 fully saturated rings. The van der Waals surface area contributed by atoms with Crippen molar-refractivity contribution in [3.8, 4) is 0 Å². The average molecular weight is 263 g/mol. The molecule has 1 aliphatic rings. The van der Waals surface area contributed by atoms with Crippen LogP contribution in [0.4, 0.5) is 13.6 Å². The molecule has 0 aromatic rings. The van der Waals surface area contributed by atoms with Gasteiger partial charge in [-0.3, -0.25) is 4.90 Å². The lowest BCUT2D eigenvalue weighted by molar-refractivity contribution is -0.0611. The molecule has 1 rings (SSSR count). The van der Waals surface area contributed by atoms with E-state index in [0.717, 1.165) is 0 Å². The van der Waals surface area contributed by atoms with E-state index < -0.39 is 29.5 Å². The quantitative estimate of drug-likeness (QED) is 0.729. The topological polar surface area (TPSA) is 38.8 Å². The van der Waals surface area contributed by atoms with Gasteiger partial charge in [-0.2, -0.15) is 8.78 Å². The third-order valence-corrected chi connectivity index (χ3v) is 2.43. The number of carbonyl (C=O) groups is 1. The van der Waals surface area contributed by atoms with E-state index in [2.05, 4.69) is 0 Å². The van der Waals surface area contributed by atoms with Crippen molar-refractivity contribution in [2.24, 2.45) is 0 Å². The number of hydrogen-bond acceptors (Lipinski definition) is 3. The molecule has 104 valence electrons. The number of ether oxygens (including phenoxy) is 2. The van der Waals surface area contributed by atoms with Crippen molar-refractivity contribution in [1.29, 1.82) is 0 Å². The Labute approximate surface area is 106 Å². The monoisotopic (exact) mass is 263 g/mol. The fraction of sp³-hybridized carbons (Fsp3) is 0.750. The molecule has 1 atom stereocenters. The molecule has 0 saturated carbocycles. The maximum atomic E-state index is 12.3. The standard InChI is InChI=1S/C12H19F2NO3/c1-11(2,3)18-10(16)15-8(6-9(13)14)7-17-12(15,4)5/h6,8H,7H2,1-5H3/t8-/m1/s1. The van der Waals surface area contributed by atoms with Gasteiger partial charge in [0, 0.05) is 6.08 Å². The fourth-order valence-electron chi connectivity index (χ4n) is 1.77. The first-order valence-corrected chi connectivity index (χ1v) is 5.72. The Balaban J connectivity index is 2.92. The average Bonchev–Trinajstić information content (AvgIpc) is 2.36. The van der Waals surface area contributed by atoms with E-state index in [1.54, 1.807) is 34.6 Å². The zero-order valence-corrected chi connectivity index (χ0v) is 11.3. The molecule has 0 aromatic heterocycles. The summed E-state index contributed by atoms with van der Waals surface area (Å²) in [7, 11) is 0. The van der Waals surface area contributed by atoms with Gasteiger partial charge in [-0.1, -0.05) is 0 Å². The summed E-state index contributed by atoms with van der Waals surface area (Å²) in [4.78, 5) is 13.2. The van der Waals surface area contributed by atoms with Gasteiger partial charge in [0.05, 0.1) is 12.6 Å². The van der Waals surface area contributed by atoms with E-state index in [1.165, 1.54) is 4.90 Å². The van der Waals surface area contributed by atoms with Gasteiger partial charge in [0.25, 0.3) is 6.08 Å². The van der Waals surface area contributed by atoms with Crippen LogP contribution >= 0.6 is 0 Å². The second kappa shape index (κ2) is 4.84. The van der Waals surface area contributed by atoms with Crippen LogP contribution in [0.25, 0.3) is 0 Å². The summed E-state index contributed by atoms with van der Waals surface area (Å²) in [6, 6.07) is -0.806. The molecule has 1 amide bonds. The summed E-state index contributed by atoms with van der Waals surface area (Å²) in [5, 5.41) is 0. The molecular weight excluding hydrogens is 244 g/mol. The van der Waals surface area contributed by atoms with Crippen LogP contribution in [-0.2, 0) is 9.47 Å². The smallest absolute Gasteiger partial charge is 0.413 e. The van der Waals surface area contributed by atoms with Crippen molar-refractivity contribution < 1.29 is 23.0 Å². The molecule has 0 aromatic carbocycles. The van der Waals surface area contributed by atoms with Crippen molar-refractivity contribution in [2.45, 2.75) is 52.0 Å². The highest BCUT2D eigenvalue weighted by atomic mass is 19.3. The first-order valence-electron chi connectivity index (χ1n) is 5.72. The van der Waals surface area contributed by atoms with E-state index in [1.807, 2.05) is 0 Å². The Hall–Kier alpha value is -1.17. The van der Waals surface area contributed by atoms with Crippen LogP contribution in [0.1, 0.15) is 34.6 Å². The molecule has 18 heavy (non-hydrogen) atoms. The van der Waals surface area contributed by atoms with Gasteiger partial charge >= 0.3 is 6.09 Å².